The largest absolute Gasteiger partial charge is 0.322 e. The molecule has 0 saturated carbocycles. The molecule has 2 aromatic carbocycles. The molecule has 0 radical (unpaired) electrons. The van der Waals surface area contributed by atoms with Gasteiger partial charge in [-0.25, -0.2) is 0 Å². The second kappa shape index (κ2) is 7.66. The number of imide groups is 1. The number of rotatable bonds is 4. The number of aryl methyl sites for hydroxylation is 1. The standard InChI is InChI=1S/C24H24N2O3/c1-3-16-6-4-5-7-21(16)25-22(27)17-9-11-18(12-10-17)26-23(28)19-13-8-15(2)14-20(19)24(26)29/h4-12,19-20H,3,13-14H2,1-2H3,(H,25,27)/t19-,20+/m0/s1. The van der Waals surface area contributed by atoms with Gasteiger partial charge in [-0.3, -0.25) is 19.3 Å². The Bertz CT molecular complexity index is 1010. The molecule has 0 aromatic heterocycles. The van der Waals surface area contributed by atoms with Crippen molar-refractivity contribution in [3.8, 4) is 0 Å². The van der Waals surface area contributed by atoms with Gasteiger partial charge in [0.2, 0.25) is 11.8 Å². The van der Waals surface area contributed by atoms with Gasteiger partial charge in [-0.2, -0.15) is 0 Å². The molecule has 0 bridgehead atoms. The summed E-state index contributed by atoms with van der Waals surface area (Å²) >= 11 is 0. The molecule has 1 heterocycles. The van der Waals surface area contributed by atoms with E-state index in [2.05, 4.69) is 11.4 Å². The molecule has 2 atom stereocenters. The fourth-order valence-electron chi connectivity index (χ4n) is 4.20. The highest BCUT2D eigenvalue weighted by atomic mass is 16.2. The first kappa shape index (κ1) is 19.1. The third-order valence-electron chi connectivity index (χ3n) is 5.86. The summed E-state index contributed by atoms with van der Waals surface area (Å²) < 4.78 is 0. The molecule has 0 unspecified atom stereocenters. The van der Waals surface area contributed by atoms with E-state index in [1.165, 1.54) is 4.90 Å². The molecule has 5 nitrogen and oxygen atoms in total. The minimum atomic E-state index is -0.264. The summed E-state index contributed by atoms with van der Waals surface area (Å²) in [6, 6.07) is 14.4. The first-order valence-corrected chi connectivity index (χ1v) is 10.0. The molecule has 4 rings (SSSR count). The summed E-state index contributed by atoms with van der Waals surface area (Å²) in [7, 11) is 0. The van der Waals surface area contributed by atoms with Crippen molar-refractivity contribution in [3.05, 3.63) is 71.3 Å². The molecule has 5 heteroatoms. The molecule has 1 fully saturated rings. The fraction of sp³-hybridized carbons (Fsp3) is 0.292. The van der Waals surface area contributed by atoms with Crippen LogP contribution in [0, 0.1) is 11.8 Å². The molecule has 1 aliphatic heterocycles. The zero-order valence-electron chi connectivity index (χ0n) is 16.6. The summed E-state index contributed by atoms with van der Waals surface area (Å²) in [5.41, 5.74) is 4.03. The van der Waals surface area contributed by atoms with Crippen LogP contribution in [-0.2, 0) is 16.0 Å². The molecule has 0 spiro atoms. The van der Waals surface area contributed by atoms with Crippen molar-refractivity contribution in [3.63, 3.8) is 0 Å². The number of benzene rings is 2. The number of carbonyl (C=O) groups is 3. The van der Waals surface area contributed by atoms with Crippen molar-refractivity contribution in [1.29, 1.82) is 0 Å². The average molecular weight is 388 g/mol. The van der Waals surface area contributed by atoms with E-state index in [1.807, 2.05) is 38.1 Å². The maximum absolute atomic E-state index is 12.8. The lowest BCUT2D eigenvalue weighted by Crippen LogP contribution is -2.30. The van der Waals surface area contributed by atoms with Gasteiger partial charge in [-0.05, 0) is 62.1 Å². The second-order valence-electron chi connectivity index (χ2n) is 7.73. The van der Waals surface area contributed by atoms with Gasteiger partial charge < -0.3 is 5.32 Å². The van der Waals surface area contributed by atoms with Crippen LogP contribution in [0.5, 0.6) is 0 Å². The van der Waals surface area contributed by atoms with Crippen LogP contribution < -0.4 is 10.2 Å². The number of para-hydroxylation sites is 1. The van der Waals surface area contributed by atoms with E-state index in [9.17, 15) is 14.4 Å². The van der Waals surface area contributed by atoms with Crippen LogP contribution in [0.2, 0.25) is 0 Å². The van der Waals surface area contributed by atoms with Crippen LogP contribution in [0.3, 0.4) is 0 Å². The second-order valence-corrected chi connectivity index (χ2v) is 7.73. The van der Waals surface area contributed by atoms with Crippen molar-refractivity contribution in [2.45, 2.75) is 33.1 Å². The Labute approximate surface area is 170 Å². The predicted molar refractivity (Wildman–Crippen MR) is 113 cm³/mol. The van der Waals surface area contributed by atoms with Gasteiger partial charge in [0.1, 0.15) is 0 Å². The van der Waals surface area contributed by atoms with E-state index < -0.39 is 0 Å². The van der Waals surface area contributed by atoms with Crippen LogP contribution in [-0.4, -0.2) is 17.7 Å². The number of amides is 3. The zero-order chi connectivity index (χ0) is 20.5. The Morgan fingerprint density at radius 3 is 2.45 bits per heavy atom. The van der Waals surface area contributed by atoms with Gasteiger partial charge in [0, 0.05) is 11.3 Å². The molecule has 2 aliphatic rings. The predicted octanol–water partition coefficient (Wildman–Crippen LogP) is 4.35. The van der Waals surface area contributed by atoms with Crippen molar-refractivity contribution in [2.24, 2.45) is 11.8 Å². The number of nitrogens with one attached hydrogen (secondary N) is 1. The van der Waals surface area contributed by atoms with Gasteiger partial charge in [0.15, 0.2) is 0 Å². The van der Waals surface area contributed by atoms with E-state index >= 15 is 0 Å². The average Bonchev–Trinajstić information content (AvgIpc) is 2.98. The lowest BCUT2D eigenvalue weighted by molar-refractivity contribution is -0.122. The van der Waals surface area contributed by atoms with Crippen LogP contribution >= 0.6 is 0 Å². The smallest absolute Gasteiger partial charge is 0.255 e. The molecule has 1 saturated heterocycles. The van der Waals surface area contributed by atoms with Crippen LogP contribution in [0.4, 0.5) is 11.4 Å². The normalized spacial score (nSPS) is 21.0. The zero-order valence-corrected chi connectivity index (χ0v) is 16.6. The minimum Gasteiger partial charge on any atom is -0.322 e. The molecule has 1 aliphatic carbocycles. The van der Waals surface area contributed by atoms with Gasteiger partial charge in [-0.15, -0.1) is 0 Å². The lowest BCUT2D eigenvalue weighted by atomic mass is 9.82. The number of carbonyl (C=O) groups excluding carboxylic acids is 3. The summed E-state index contributed by atoms with van der Waals surface area (Å²) in [4.78, 5) is 39.5. The van der Waals surface area contributed by atoms with Crippen molar-refractivity contribution < 1.29 is 14.4 Å². The highest BCUT2D eigenvalue weighted by Crippen LogP contribution is 2.39. The Balaban J connectivity index is 1.52. The molecule has 1 N–H and O–H groups in total. The summed E-state index contributed by atoms with van der Waals surface area (Å²) in [6.07, 6.45) is 4.14. The number of hydrogen-bond donors (Lipinski definition) is 1. The first-order chi connectivity index (χ1) is 14.0. The quantitative estimate of drug-likeness (QED) is 0.626. The van der Waals surface area contributed by atoms with Crippen LogP contribution in [0.15, 0.2) is 60.2 Å². The van der Waals surface area contributed by atoms with Gasteiger partial charge in [-0.1, -0.05) is 36.8 Å². The maximum atomic E-state index is 12.8. The molecule has 148 valence electrons. The summed E-state index contributed by atoms with van der Waals surface area (Å²) in [5, 5.41) is 2.94. The number of allylic oxidation sites excluding steroid dienone is 2. The van der Waals surface area contributed by atoms with Crippen molar-refractivity contribution in [1.82, 2.24) is 0 Å². The molecule has 2 aromatic rings. The van der Waals surface area contributed by atoms with Crippen LogP contribution in [0.1, 0.15) is 42.6 Å². The van der Waals surface area contributed by atoms with E-state index in [-0.39, 0.29) is 29.6 Å². The number of nitrogens with zero attached hydrogens (tertiary/aromatic N) is 1. The Kier molecular flexibility index (Phi) is 5.05. The van der Waals surface area contributed by atoms with Crippen molar-refractivity contribution in [2.75, 3.05) is 10.2 Å². The first-order valence-electron chi connectivity index (χ1n) is 10.0. The van der Waals surface area contributed by atoms with Gasteiger partial charge >= 0.3 is 0 Å². The monoisotopic (exact) mass is 388 g/mol. The topological polar surface area (TPSA) is 66.5 Å². The molecular formula is C24H24N2O3. The highest BCUT2D eigenvalue weighted by molar-refractivity contribution is 6.22. The highest BCUT2D eigenvalue weighted by Gasteiger charge is 2.48. The van der Waals surface area contributed by atoms with E-state index in [0.29, 0.717) is 24.1 Å². The summed E-state index contributed by atoms with van der Waals surface area (Å²) in [6.45, 7) is 4.04. The molecular weight excluding hydrogens is 364 g/mol. The SMILES string of the molecule is CCc1ccccc1NC(=O)c1ccc(N2C(=O)[C@H]3CC=C(C)C[C@H]3C2=O)cc1. The minimum absolute atomic E-state index is 0.137. The molecule has 3 amide bonds. The summed E-state index contributed by atoms with van der Waals surface area (Å²) in [5.74, 6) is -1.02. The maximum Gasteiger partial charge on any atom is 0.255 e. The number of fused-ring (bicyclic) bond motifs is 1. The van der Waals surface area contributed by atoms with Crippen LogP contribution in [0.25, 0.3) is 0 Å². The Morgan fingerprint density at radius 2 is 1.72 bits per heavy atom. The number of anilines is 2. The third kappa shape index (κ3) is 3.48. The van der Waals surface area contributed by atoms with Crippen molar-refractivity contribution >= 4 is 29.1 Å². The van der Waals surface area contributed by atoms with E-state index in [1.54, 1.807) is 24.3 Å². The van der Waals surface area contributed by atoms with E-state index in [0.717, 1.165) is 23.2 Å². The van der Waals surface area contributed by atoms with Gasteiger partial charge in [0.05, 0.1) is 17.5 Å². The van der Waals surface area contributed by atoms with E-state index in [4.69, 9.17) is 0 Å². The Morgan fingerprint density at radius 1 is 1.03 bits per heavy atom. The fourth-order valence-corrected chi connectivity index (χ4v) is 4.20. The molecule has 29 heavy (non-hydrogen) atoms. The third-order valence-corrected chi connectivity index (χ3v) is 5.86. The van der Waals surface area contributed by atoms with Gasteiger partial charge in [0.25, 0.3) is 5.91 Å². The number of hydrogen-bond acceptors (Lipinski definition) is 3. The Hall–Kier alpha value is -3.21. The lowest BCUT2D eigenvalue weighted by Gasteiger charge is -2.18.